The highest BCUT2D eigenvalue weighted by Crippen LogP contribution is 2.25. The van der Waals surface area contributed by atoms with Crippen LogP contribution in [0.4, 0.5) is 0 Å². The molecule has 104 valence electrons. The van der Waals surface area contributed by atoms with Crippen molar-refractivity contribution in [1.29, 1.82) is 0 Å². The van der Waals surface area contributed by atoms with Crippen molar-refractivity contribution in [2.24, 2.45) is 0 Å². The first-order valence-electron chi connectivity index (χ1n) is 6.51. The van der Waals surface area contributed by atoms with E-state index in [9.17, 15) is 0 Å². The van der Waals surface area contributed by atoms with Gasteiger partial charge in [-0.25, -0.2) is 9.97 Å². The number of nitrogens with zero attached hydrogens (tertiary/aromatic N) is 2. The van der Waals surface area contributed by atoms with E-state index in [-0.39, 0.29) is 0 Å². The van der Waals surface area contributed by atoms with Crippen LogP contribution >= 0.6 is 11.6 Å². The Morgan fingerprint density at radius 3 is 2.24 bits per heavy atom. The average molecular weight is 297 g/mol. The van der Waals surface area contributed by atoms with Crippen LogP contribution in [0, 0.1) is 0 Å². The van der Waals surface area contributed by atoms with Gasteiger partial charge >= 0.3 is 0 Å². The molecule has 1 aromatic heterocycles. The molecule has 0 fully saturated rings. The fraction of sp³-hybridized carbons (Fsp3) is 0.0588. The van der Waals surface area contributed by atoms with Gasteiger partial charge in [-0.1, -0.05) is 41.9 Å². The normalized spacial score (nSPS) is 10.4. The van der Waals surface area contributed by atoms with Crippen LogP contribution < -0.4 is 4.74 Å². The zero-order chi connectivity index (χ0) is 14.7. The van der Waals surface area contributed by atoms with E-state index >= 15 is 0 Å². The smallest absolute Gasteiger partial charge is 0.161 e. The van der Waals surface area contributed by atoms with Crippen LogP contribution in [0.3, 0.4) is 0 Å². The summed E-state index contributed by atoms with van der Waals surface area (Å²) in [6.07, 6.45) is 0. The maximum atomic E-state index is 6.13. The van der Waals surface area contributed by atoms with E-state index in [1.54, 1.807) is 13.2 Å². The highest BCUT2D eigenvalue weighted by atomic mass is 35.5. The van der Waals surface area contributed by atoms with Gasteiger partial charge in [-0.2, -0.15) is 0 Å². The van der Waals surface area contributed by atoms with Crippen LogP contribution in [0.25, 0.3) is 22.6 Å². The Bertz CT molecular complexity index is 742. The third kappa shape index (κ3) is 3.03. The molecule has 0 saturated heterocycles. The number of ether oxygens (including phenoxy) is 1. The first-order valence-corrected chi connectivity index (χ1v) is 6.88. The van der Waals surface area contributed by atoms with E-state index in [1.807, 2.05) is 54.6 Å². The lowest BCUT2D eigenvalue weighted by Gasteiger charge is -2.06. The summed E-state index contributed by atoms with van der Waals surface area (Å²) in [4.78, 5) is 8.89. The molecule has 0 N–H and O–H groups in total. The highest BCUT2D eigenvalue weighted by Gasteiger charge is 2.07. The third-order valence-electron chi connectivity index (χ3n) is 3.11. The van der Waals surface area contributed by atoms with Gasteiger partial charge in [0.1, 0.15) is 10.9 Å². The summed E-state index contributed by atoms with van der Waals surface area (Å²) in [5.41, 5.74) is 2.72. The average Bonchev–Trinajstić information content (AvgIpc) is 2.55. The van der Waals surface area contributed by atoms with Crippen molar-refractivity contribution >= 4 is 11.6 Å². The molecule has 0 unspecified atom stereocenters. The molecular weight excluding hydrogens is 284 g/mol. The number of aromatic nitrogens is 2. The van der Waals surface area contributed by atoms with Gasteiger partial charge in [0.2, 0.25) is 0 Å². The highest BCUT2D eigenvalue weighted by molar-refractivity contribution is 6.29. The number of rotatable bonds is 3. The predicted molar refractivity (Wildman–Crippen MR) is 84.5 cm³/mol. The largest absolute Gasteiger partial charge is 0.497 e. The second-order valence-corrected chi connectivity index (χ2v) is 4.88. The zero-order valence-corrected chi connectivity index (χ0v) is 12.2. The van der Waals surface area contributed by atoms with Crippen molar-refractivity contribution in [1.82, 2.24) is 9.97 Å². The van der Waals surface area contributed by atoms with E-state index in [1.165, 1.54) is 0 Å². The van der Waals surface area contributed by atoms with Crippen molar-refractivity contribution < 1.29 is 4.74 Å². The predicted octanol–water partition coefficient (Wildman–Crippen LogP) is 4.47. The summed E-state index contributed by atoms with van der Waals surface area (Å²) in [6, 6.07) is 19.3. The van der Waals surface area contributed by atoms with Crippen LogP contribution in [-0.4, -0.2) is 17.1 Å². The molecular formula is C17H13ClN2O. The Labute approximate surface area is 128 Å². The molecule has 3 nitrogen and oxygen atoms in total. The SMILES string of the molecule is COc1ccc(-c2nc(Cl)cc(-c3ccccc3)n2)cc1. The van der Waals surface area contributed by atoms with Crippen molar-refractivity contribution in [3.05, 3.63) is 65.8 Å². The van der Waals surface area contributed by atoms with E-state index < -0.39 is 0 Å². The molecule has 0 spiro atoms. The van der Waals surface area contributed by atoms with Crippen LogP contribution in [0.5, 0.6) is 5.75 Å². The maximum Gasteiger partial charge on any atom is 0.161 e. The molecule has 0 amide bonds. The number of benzene rings is 2. The molecule has 0 bridgehead atoms. The Morgan fingerprint density at radius 2 is 1.57 bits per heavy atom. The van der Waals surface area contributed by atoms with Gasteiger partial charge in [-0.05, 0) is 24.3 Å². The fourth-order valence-electron chi connectivity index (χ4n) is 2.04. The molecule has 21 heavy (non-hydrogen) atoms. The summed E-state index contributed by atoms with van der Waals surface area (Å²) < 4.78 is 5.15. The minimum absolute atomic E-state index is 0.426. The molecule has 3 aromatic rings. The molecule has 0 aliphatic heterocycles. The molecule has 0 atom stereocenters. The van der Waals surface area contributed by atoms with Gasteiger partial charge in [-0.3, -0.25) is 0 Å². The first kappa shape index (κ1) is 13.6. The molecule has 2 aromatic carbocycles. The summed E-state index contributed by atoms with van der Waals surface area (Å²) >= 11 is 6.13. The molecule has 0 radical (unpaired) electrons. The van der Waals surface area contributed by atoms with E-state index in [2.05, 4.69) is 9.97 Å². The second kappa shape index (κ2) is 5.94. The maximum absolute atomic E-state index is 6.13. The summed E-state index contributed by atoms with van der Waals surface area (Å²) in [5.74, 6) is 1.40. The van der Waals surface area contributed by atoms with Gasteiger partial charge in [-0.15, -0.1) is 0 Å². The van der Waals surface area contributed by atoms with Gasteiger partial charge in [0.15, 0.2) is 5.82 Å². The molecule has 0 saturated carbocycles. The van der Waals surface area contributed by atoms with Crippen LogP contribution in [0.1, 0.15) is 0 Å². The topological polar surface area (TPSA) is 35.0 Å². The number of hydrogen-bond acceptors (Lipinski definition) is 3. The molecule has 0 aliphatic rings. The lowest BCUT2D eigenvalue weighted by molar-refractivity contribution is 0.415. The van der Waals surface area contributed by atoms with Gasteiger partial charge in [0.05, 0.1) is 12.8 Å². The van der Waals surface area contributed by atoms with Crippen LogP contribution in [-0.2, 0) is 0 Å². The van der Waals surface area contributed by atoms with Crippen molar-refractivity contribution in [3.8, 4) is 28.4 Å². The zero-order valence-electron chi connectivity index (χ0n) is 11.5. The number of hydrogen-bond donors (Lipinski definition) is 0. The molecule has 1 heterocycles. The minimum Gasteiger partial charge on any atom is -0.497 e. The second-order valence-electron chi connectivity index (χ2n) is 4.49. The van der Waals surface area contributed by atoms with Crippen LogP contribution in [0.2, 0.25) is 5.15 Å². The lowest BCUT2D eigenvalue weighted by Crippen LogP contribution is -1.93. The Hall–Kier alpha value is -2.39. The number of halogens is 1. The molecule has 3 rings (SSSR count). The summed E-state index contributed by atoms with van der Waals surface area (Å²) in [7, 11) is 1.64. The van der Waals surface area contributed by atoms with Gasteiger partial charge in [0, 0.05) is 17.2 Å². The fourth-order valence-corrected chi connectivity index (χ4v) is 2.23. The van der Waals surface area contributed by atoms with Crippen LogP contribution in [0.15, 0.2) is 60.7 Å². The third-order valence-corrected chi connectivity index (χ3v) is 3.31. The van der Waals surface area contributed by atoms with E-state index in [0.717, 1.165) is 22.6 Å². The van der Waals surface area contributed by atoms with Crippen molar-refractivity contribution in [3.63, 3.8) is 0 Å². The molecule has 4 heteroatoms. The lowest BCUT2D eigenvalue weighted by atomic mass is 10.1. The van der Waals surface area contributed by atoms with Gasteiger partial charge < -0.3 is 4.74 Å². The first-order chi connectivity index (χ1) is 10.3. The Balaban J connectivity index is 2.05. The van der Waals surface area contributed by atoms with Gasteiger partial charge in [0.25, 0.3) is 0 Å². The minimum atomic E-state index is 0.426. The Morgan fingerprint density at radius 1 is 0.857 bits per heavy atom. The van der Waals surface area contributed by atoms with E-state index in [4.69, 9.17) is 16.3 Å². The monoisotopic (exact) mass is 296 g/mol. The number of methoxy groups -OCH3 is 1. The summed E-state index contributed by atoms with van der Waals surface area (Å²) in [5, 5.41) is 0.426. The Kier molecular flexibility index (Phi) is 3.84. The quantitative estimate of drug-likeness (QED) is 0.669. The van der Waals surface area contributed by atoms with Crippen molar-refractivity contribution in [2.75, 3.05) is 7.11 Å². The summed E-state index contributed by atoms with van der Waals surface area (Å²) in [6.45, 7) is 0. The van der Waals surface area contributed by atoms with Crippen molar-refractivity contribution in [2.45, 2.75) is 0 Å². The standard InChI is InChI=1S/C17H13ClN2O/c1-21-14-9-7-13(8-10-14)17-19-15(11-16(18)20-17)12-5-3-2-4-6-12/h2-11H,1H3. The van der Waals surface area contributed by atoms with E-state index in [0.29, 0.717) is 11.0 Å². The molecule has 0 aliphatic carbocycles.